The third kappa shape index (κ3) is 5.27. The van der Waals surface area contributed by atoms with Gasteiger partial charge in [-0.1, -0.05) is 18.2 Å². The molecule has 9 nitrogen and oxygen atoms in total. The van der Waals surface area contributed by atoms with Gasteiger partial charge in [0.2, 0.25) is 5.91 Å². The van der Waals surface area contributed by atoms with Crippen molar-refractivity contribution in [1.29, 1.82) is 0 Å². The molecule has 0 saturated carbocycles. The summed E-state index contributed by atoms with van der Waals surface area (Å²) in [6, 6.07) is 13.7. The number of amides is 4. The van der Waals surface area contributed by atoms with Crippen LogP contribution in [0.4, 0.5) is 14.9 Å². The van der Waals surface area contributed by atoms with Crippen LogP contribution in [0.5, 0.6) is 0 Å². The lowest BCUT2D eigenvalue weighted by Crippen LogP contribution is -2.38. The lowest BCUT2D eigenvalue weighted by atomic mass is 10.2. The van der Waals surface area contributed by atoms with E-state index in [2.05, 4.69) is 10.6 Å². The van der Waals surface area contributed by atoms with Gasteiger partial charge in [-0.15, -0.1) is 0 Å². The van der Waals surface area contributed by atoms with E-state index in [1.807, 2.05) is 30.5 Å². The van der Waals surface area contributed by atoms with Crippen molar-refractivity contribution in [3.8, 4) is 5.69 Å². The highest BCUT2D eigenvalue weighted by molar-refractivity contribution is 6.16. The molecular weight excluding hydrogens is 479 g/mol. The van der Waals surface area contributed by atoms with Gasteiger partial charge in [0.25, 0.3) is 5.91 Å². The van der Waals surface area contributed by atoms with Crippen molar-refractivity contribution in [3.05, 3.63) is 88.6 Å². The van der Waals surface area contributed by atoms with Crippen LogP contribution in [-0.4, -0.2) is 46.4 Å². The molecule has 0 unspecified atom stereocenters. The average Bonchev–Trinajstić information content (AvgIpc) is 3.29. The number of nitrogens with one attached hydrogen (secondary N) is 2. The minimum Gasteiger partial charge on any atom is -0.462 e. The fourth-order valence-electron chi connectivity index (χ4n) is 4.08. The molecule has 1 aromatic heterocycles. The highest BCUT2D eigenvalue weighted by Crippen LogP contribution is 2.25. The summed E-state index contributed by atoms with van der Waals surface area (Å²) in [5, 5.41) is 4.85. The molecule has 0 aliphatic carbocycles. The Kier molecular flexibility index (Phi) is 7.19. The van der Waals surface area contributed by atoms with Gasteiger partial charge in [0.1, 0.15) is 18.1 Å². The Labute approximate surface area is 212 Å². The Morgan fingerprint density at radius 2 is 1.84 bits per heavy atom. The molecule has 0 bridgehead atoms. The van der Waals surface area contributed by atoms with Crippen molar-refractivity contribution in [2.45, 2.75) is 20.8 Å². The first-order chi connectivity index (χ1) is 17.7. The van der Waals surface area contributed by atoms with Crippen LogP contribution >= 0.6 is 0 Å². The van der Waals surface area contributed by atoms with E-state index in [1.54, 1.807) is 31.2 Å². The lowest BCUT2D eigenvalue weighted by Gasteiger charge is -2.12. The van der Waals surface area contributed by atoms with E-state index < -0.39 is 36.2 Å². The summed E-state index contributed by atoms with van der Waals surface area (Å²) < 4.78 is 20.8. The number of ether oxygens (including phenoxy) is 1. The lowest BCUT2D eigenvalue weighted by molar-refractivity contribution is -0.127. The number of carbonyl (C=O) groups is 4. The van der Waals surface area contributed by atoms with Gasteiger partial charge in [0.15, 0.2) is 0 Å². The molecule has 1 saturated heterocycles. The molecule has 1 fully saturated rings. The van der Waals surface area contributed by atoms with Gasteiger partial charge < -0.3 is 19.9 Å². The maximum atomic E-state index is 13.8. The zero-order valence-corrected chi connectivity index (χ0v) is 20.5. The molecule has 190 valence electrons. The van der Waals surface area contributed by atoms with Crippen LogP contribution in [-0.2, 0) is 14.3 Å². The summed E-state index contributed by atoms with van der Waals surface area (Å²) in [6.45, 7) is 5.15. The number of imide groups is 1. The Hall–Kier alpha value is -4.73. The SMILES string of the molecule is CCOC(=O)c1cccc(-n2c(C)cc(/C=C3\NC(=O)N(CC(=O)Nc4ccccc4F)C3=O)c2C)c1. The van der Waals surface area contributed by atoms with E-state index in [1.165, 1.54) is 24.3 Å². The molecule has 0 radical (unpaired) electrons. The Bertz CT molecular complexity index is 1440. The summed E-state index contributed by atoms with van der Waals surface area (Å²) >= 11 is 0. The monoisotopic (exact) mass is 504 g/mol. The van der Waals surface area contributed by atoms with Crippen molar-refractivity contribution in [2.24, 2.45) is 0 Å². The number of carbonyl (C=O) groups excluding carboxylic acids is 4. The molecule has 0 atom stereocenters. The minimum atomic E-state index is -0.754. The number of hydrogen-bond acceptors (Lipinski definition) is 5. The van der Waals surface area contributed by atoms with E-state index >= 15 is 0 Å². The summed E-state index contributed by atoms with van der Waals surface area (Å²) in [7, 11) is 0. The quantitative estimate of drug-likeness (QED) is 0.288. The van der Waals surface area contributed by atoms with E-state index in [4.69, 9.17) is 4.74 Å². The van der Waals surface area contributed by atoms with Crippen LogP contribution in [0.3, 0.4) is 0 Å². The van der Waals surface area contributed by atoms with Gasteiger partial charge >= 0.3 is 12.0 Å². The van der Waals surface area contributed by atoms with Crippen molar-refractivity contribution < 1.29 is 28.3 Å². The van der Waals surface area contributed by atoms with E-state index in [0.29, 0.717) is 11.1 Å². The maximum absolute atomic E-state index is 13.8. The fourth-order valence-corrected chi connectivity index (χ4v) is 4.08. The topological polar surface area (TPSA) is 110 Å². The molecule has 2 N–H and O–H groups in total. The second-order valence-electron chi connectivity index (χ2n) is 8.34. The van der Waals surface area contributed by atoms with Gasteiger partial charge in [-0.3, -0.25) is 9.59 Å². The third-order valence-electron chi connectivity index (χ3n) is 5.80. The van der Waals surface area contributed by atoms with Crippen molar-refractivity contribution in [3.63, 3.8) is 0 Å². The highest BCUT2D eigenvalue weighted by Gasteiger charge is 2.35. The number of hydrogen-bond donors (Lipinski definition) is 2. The number of anilines is 1. The van der Waals surface area contributed by atoms with Gasteiger partial charge in [-0.05, 0) is 68.8 Å². The Balaban J connectivity index is 1.54. The summed E-state index contributed by atoms with van der Waals surface area (Å²) in [4.78, 5) is 50.6. The van der Waals surface area contributed by atoms with Gasteiger partial charge in [0.05, 0.1) is 17.9 Å². The molecule has 4 rings (SSSR count). The molecule has 2 aromatic carbocycles. The normalized spacial score (nSPS) is 14.2. The number of aromatic nitrogens is 1. The van der Waals surface area contributed by atoms with Crippen molar-refractivity contribution >= 4 is 35.6 Å². The number of aryl methyl sites for hydroxylation is 1. The van der Waals surface area contributed by atoms with E-state index in [0.717, 1.165) is 22.0 Å². The molecule has 4 amide bonds. The van der Waals surface area contributed by atoms with E-state index in [9.17, 15) is 23.6 Å². The number of benzene rings is 2. The number of rotatable bonds is 7. The first kappa shape index (κ1) is 25.4. The van der Waals surface area contributed by atoms with Gasteiger partial charge in [0, 0.05) is 17.1 Å². The molecular formula is C27H25FN4O5. The zero-order chi connectivity index (χ0) is 26.7. The summed E-state index contributed by atoms with van der Waals surface area (Å²) in [6.07, 6.45) is 1.53. The van der Waals surface area contributed by atoms with Gasteiger partial charge in [-0.2, -0.15) is 0 Å². The van der Waals surface area contributed by atoms with Gasteiger partial charge in [-0.25, -0.2) is 18.9 Å². The number of esters is 1. The van der Waals surface area contributed by atoms with Crippen LogP contribution in [0.25, 0.3) is 11.8 Å². The molecule has 37 heavy (non-hydrogen) atoms. The number of halogens is 1. The Morgan fingerprint density at radius 1 is 1.08 bits per heavy atom. The first-order valence-electron chi connectivity index (χ1n) is 11.5. The first-order valence-corrected chi connectivity index (χ1v) is 11.5. The molecule has 0 spiro atoms. The predicted molar refractivity (Wildman–Crippen MR) is 134 cm³/mol. The molecule has 10 heteroatoms. The Morgan fingerprint density at radius 3 is 2.57 bits per heavy atom. The number of para-hydroxylation sites is 1. The third-order valence-corrected chi connectivity index (χ3v) is 5.80. The van der Waals surface area contributed by atoms with E-state index in [-0.39, 0.29) is 18.0 Å². The van der Waals surface area contributed by atoms with Crippen molar-refractivity contribution in [1.82, 2.24) is 14.8 Å². The molecule has 1 aliphatic rings. The molecule has 2 heterocycles. The van der Waals surface area contributed by atoms with Crippen molar-refractivity contribution in [2.75, 3.05) is 18.5 Å². The van der Waals surface area contributed by atoms with Crippen LogP contribution in [0.2, 0.25) is 0 Å². The van der Waals surface area contributed by atoms with Crippen LogP contribution in [0.15, 0.2) is 60.3 Å². The fraction of sp³-hybridized carbons (Fsp3) is 0.185. The smallest absolute Gasteiger partial charge is 0.338 e. The van der Waals surface area contributed by atoms with Crippen LogP contribution in [0.1, 0.15) is 34.2 Å². The number of urea groups is 1. The molecule has 1 aliphatic heterocycles. The maximum Gasteiger partial charge on any atom is 0.338 e. The largest absolute Gasteiger partial charge is 0.462 e. The zero-order valence-electron chi connectivity index (χ0n) is 20.5. The number of nitrogens with zero attached hydrogens (tertiary/aromatic N) is 2. The summed E-state index contributed by atoms with van der Waals surface area (Å²) in [5.41, 5.74) is 3.37. The molecule has 3 aromatic rings. The summed E-state index contributed by atoms with van der Waals surface area (Å²) in [5.74, 6) is -2.44. The average molecular weight is 505 g/mol. The minimum absolute atomic E-state index is 0.00390. The second-order valence-corrected chi connectivity index (χ2v) is 8.34. The van der Waals surface area contributed by atoms with Crippen LogP contribution < -0.4 is 10.6 Å². The predicted octanol–water partition coefficient (Wildman–Crippen LogP) is 3.94. The van der Waals surface area contributed by atoms with Crippen LogP contribution in [0, 0.1) is 19.7 Å². The standard InChI is InChI=1S/C27H25FN4O5/c1-4-37-26(35)18-8-7-9-20(13-18)32-16(2)12-19(17(32)3)14-23-25(34)31(27(36)30-23)15-24(33)29-22-11-6-5-10-21(22)28/h5-14H,4,15H2,1-3H3,(H,29,33)(H,30,36)/b23-14-. The second kappa shape index (κ2) is 10.5. The highest BCUT2D eigenvalue weighted by atomic mass is 19.1.